The first kappa shape index (κ1) is 10.2. The molecule has 1 atom stereocenters. The summed E-state index contributed by atoms with van der Waals surface area (Å²) in [6.45, 7) is 3.66. The second-order valence-corrected chi connectivity index (χ2v) is 4.35. The molecule has 80 valence electrons. The van der Waals surface area contributed by atoms with Crippen LogP contribution < -0.4 is 0 Å². The summed E-state index contributed by atoms with van der Waals surface area (Å²) < 4.78 is 0. The summed E-state index contributed by atoms with van der Waals surface area (Å²) in [5.74, 6) is 0.362. The molecule has 0 aliphatic heterocycles. The van der Waals surface area contributed by atoms with E-state index in [1.165, 1.54) is 11.1 Å². The Balaban J connectivity index is 2.59. The number of carbonyl (C=O) groups excluding carboxylic acids is 1. The molecule has 0 amide bonds. The molecule has 1 aromatic rings. The first-order valence-electron chi connectivity index (χ1n) is 5.43. The molecular formula is C13H16O2. The van der Waals surface area contributed by atoms with Gasteiger partial charge in [0.25, 0.3) is 0 Å². The molecule has 0 spiro atoms. The number of Topliss-reactive ketones (excluding diaryl/α,β-unsaturated/α-hetero) is 1. The van der Waals surface area contributed by atoms with E-state index in [-0.39, 0.29) is 17.5 Å². The van der Waals surface area contributed by atoms with Crippen LogP contribution in [0.1, 0.15) is 42.4 Å². The van der Waals surface area contributed by atoms with Gasteiger partial charge in [0.05, 0.1) is 0 Å². The van der Waals surface area contributed by atoms with Crippen LogP contribution >= 0.6 is 0 Å². The van der Waals surface area contributed by atoms with Crippen molar-refractivity contribution < 1.29 is 9.90 Å². The molecule has 0 bridgehead atoms. The highest BCUT2D eigenvalue weighted by Gasteiger charge is 2.27. The molecule has 1 aliphatic rings. The van der Waals surface area contributed by atoms with Crippen LogP contribution in [-0.2, 0) is 11.2 Å². The zero-order valence-corrected chi connectivity index (χ0v) is 9.21. The molecule has 0 fully saturated rings. The molecule has 0 heterocycles. The number of carbonyl (C=O) groups is 1. The van der Waals surface area contributed by atoms with Crippen LogP contribution in [0.15, 0.2) is 12.1 Å². The van der Waals surface area contributed by atoms with E-state index in [0.29, 0.717) is 0 Å². The van der Waals surface area contributed by atoms with Crippen molar-refractivity contribution in [1.29, 1.82) is 0 Å². The van der Waals surface area contributed by atoms with Crippen LogP contribution in [0, 0.1) is 6.92 Å². The van der Waals surface area contributed by atoms with E-state index < -0.39 is 0 Å². The summed E-state index contributed by atoms with van der Waals surface area (Å²) >= 11 is 0. The maximum atomic E-state index is 11.5. The first-order chi connectivity index (χ1) is 7.11. The summed E-state index contributed by atoms with van der Waals surface area (Å²) in [5.41, 5.74) is 3.25. The fourth-order valence-corrected chi connectivity index (χ4v) is 2.52. The maximum absolute atomic E-state index is 11.5. The van der Waals surface area contributed by atoms with Crippen LogP contribution in [0.3, 0.4) is 0 Å². The second-order valence-electron chi connectivity index (χ2n) is 4.35. The number of hydrogen-bond acceptors (Lipinski definition) is 2. The molecule has 15 heavy (non-hydrogen) atoms. The zero-order valence-electron chi connectivity index (χ0n) is 9.21. The monoisotopic (exact) mass is 204 g/mol. The number of ketones is 1. The van der Waals surface area contributed by atoms with Gasteiger partial charge in [-0.15, -0.1) is 0 Å². The molecule has 0 aromatic heterocycles. The van der Waals surface area contributed by atoms with Crippen molar-refractivity contribution in [3.05, 3.63) is 28.8 Å². The quantitative estimate of drug-likeness (QED) is 0.763. The predicted octanol–water partition coefficient (Wildman–Crippen LogP) is 2.71. The Hall–Kier alpha value is -1.31. The smallest absolute Gasteiger partial charge is 0.137 e. The third-order valence-corrected chi connectivity index (χ3v) is 3.33. The van der Waals surface area contributed by atoms with E-state index in [1.54, 1.807) is 13.0 Å². The number of rotatable bonds is 1. The Labute approximate surface area is 89.9 Å². The van der Waals surface area contributed by atoms with Gasteiger partial charge in [-0.25, -0.2) is 0 Å². The van der Waals surface area contributed by atoms with Crippen molar-refractivity contribution in [3.63, 3.8) is 0 Å². The van der Waals surface area contributed by atoms with Crippen LogP contribution in [0.2, 0.25) is 0 Å². The Kier molecular flexibility index (Phi) is 2.51. The topological polar surface area (TPSA) is 37.3 Å². The fraction of sp³-hybridized carbons (Fsp3) is 0.462. The highest BCUT2D eigenvalue weighted by molar-refractivity contribution is 5.85. The normalized spacial score (nSPS) is 19.7. The molecule has 1 N–H and O–H groups in total. The van der Waals surface area contributed by atoms with Gasteiger partial charge in [0, 0.05) is 11.5 Å². The fourth-order valence-electron chi connectivity index (χ4n) is 2.52. The van der Waals surface area contributed by atoms with E-state index in [9.17, 15) is 9.90 Å². The van der Waals surface area contributed by atoms with Crippen molar-refractivity contribution in [3.8, 4) is 5.75 Å². The second kappa shape index (κ2) is 3.69. The number of phenols is 1. The number of fused-ring (bicyclic) bond motifs is 1. The Bertz CT molecular complexity index is 407. The average molecular weight is 204 g/mol. The van der Waals surface area contributed by atoms with Crippen molar-refractivity contribution >= 4 is 5.78 Å². The molecule has 2 rings (SSSR count). The molecule has 0 radical (unpaired) electrons. The third kappa shape index (κ3) is 1.65. The summed E-state index contributed by atoms with van der Waals surface area (Å²) in [4.78, 5) is 11.5. The zero-order chi connectivity index (χ0) is 11.0. The third-order valence-electron chi connectivity index (χ3n) is 3.33. The van der Waals surface area contributed by atoms with Crippen LogP contribution in [0.25, 0.3) is 0 Å². The van der Waals surface area contributed by atoms with Gasteiger partial charge in [-0.2, -0.15) is 0 Å². The Morgan fingerprint density at radius 3 is 2.87 bits per heavy atom. The summed E-state index contributed by atoms with van der Waals surface area (Å²) in [7, 11) is 0. The molecule has 1 aromatic carbocycles. The predicted molar refractivity (Wildman–Crippen MR) is 59.2 cm³/mol. The Morgan fingerprint density at radius 2 is 2.20 bits per heavy atom. The van der Waals surface area contributed by atoms with Gasteiger partial charge >= 0.3 is 0 Å². The maximum Gasteiger partial charge on any atom is 0.137 e. The van der Waals surface area contributed by atoms with Gasteiger partial charge in [0.1, 0.15) is 11.5 Å². The molecule has 0 saturated heterocycles. The molecule has 1 aliphatic carbocycles. The van der Waals surface area contributed by atoms with Crippen molar-refractivity contribution in [2.24, 2.45) is 0 Å². The minimum absolute atomic E-state index is 0.0892. The minimum atomic E-state index is -0.0892. The van der Waals surface area contributed by atoms with E-state index in [4.69, 9.17) is 0 Å². The molecular weight excluding hydrogens is 188 g/mol. The Morgan fingerprint density at radius 1 is 1.47 bits per heavy atom. The standard InChI is InChI=1S/C13H16O2/c1-8-6-7-12(15)13-10(8)4-3-5-11(13)9(2)14/h6-7,11,15H,3-5H2,1-2H3. The molecule has 2 heteroatoms. The number of aryl methyl sites for hydroxylation is 1. The van der Waals surface area contributed by atoms with E-state index >= 15 is 0 Å². The molecule has 0 saturated carbocycles. The summed E-state index contributed by atoms with van der Waals surface area (Å²) in [6.07, 6.45) is 2.90. The summed E-state index contributed by atoms with van der Waals surface area (Å²) in [5, 5.41) is 9.85. The molecule has 1 unspecified atom stereocenters. The lowest BCUT2D eigenvalue weighted by atomic mass is 9.78. The van der Waals surface area contributed by atoms with Gasteiger partial charge in [-0.05, 0) is 50.3 Å². The van der Waals surface area contributed by atoms with E-state index in [1.807, 2.05) is 13.0 Å². The highest BCUT2D eigenvalue weighted by atomic mass is 16.3. The van der Waals surface area contributed by atoms with Gasteiger partial charge in [0.15, 0.2) is 0 Å². The van der Waals surface area contributed by atoms with Crippen LogP contribution in [-0.4, -0.2) is 10.9 Å². The number of aromatic hydroxyl groups is 1. The summed E-state index contributed by atoms with van der Waals surface area (Å²) in [6, 6.07) is 3.63. The van der Waals surface area contributed by atoms with Crippen LogP contribution in [0.4, 0.5) is 0 Å². The van der Waals surface area contributed by atoms with Gasteiger partial charge in [-0.1, -0.05) is 6.07 Å². The number of phenolic OH excluding ortho intramolecular Hbond substituents is 1. The van der Waals surface area contributed by atoms with Gasteiger partial charge < -0.3 is 5.11 Å². The lowest BCUT2D eigenvalue weighted by molar-refractivity contribution is -0.118. The average Bonchev–Trinajstić information content (AvgIpc) is 2.23. The first-order valence-corrected chi connectivity index (χ1v) is 5.43. The highest BCUT2D eigenvalue weighted by Crippen LogP contribution is 2.39. The SMILES string of the molecule is CC(=O)C1CCCc2c(C)ccc(O)c21. The lowest BCUT2D eigenvalue weighted by Gasteiger charge is -2.25. The van der Waals surface area contributed by atoms with Crippen molar-refractivity contribution in [2.75, 3.05) is 0 Å². The van der Waals surface area contributed by atoms with Crippen molar-refractivity contribution in [1.82, 2.24) is 0 Å². The number of benzene rings is 1. The van der Waals surface area contributed by atoms with Gasteiger partial charge in [0.2, 0.25) is 0 Å². The van der Waals surface area contributed by atoms with E-state index in [0.717, 1.165) is 24.8 Å². The lowest BCUT2D eigenvalue weighted by Crippen LogP contribution is -2.17. The number of hydrogen-bond donors (Lipinski definition) is 1. The van der Waals surface area contributed by atoms with Gasteiger partial charge in [-0.3, -0.25) is 4.79 Å². The molecule has 2 nitrogen and oxygen atoms in total. The van der Waals surface area contributed by atoms with E-state index in [2.05, 4.69) is 0 Å². The largest absolute Gasteiger partial charge is 0.508 e. The van der Waals surface area contributed by atoms with Crippen LogP contribution in [0.5, 0.6) is 5.75 Å². The minimum Gasteiger partial charge on any atom is -0.508 e. The van der Waals surface area contributed by atoms with Crippen molar-refractivity contribution in [2.45, 2.75) is 39.0 Å².